The number of hydrogen-bond acceptors (Lipinski definition) is 5. The van der Waals surface area contributed by atoms with Crippen LogP contribution < -0.4 is 4.72 Å². The number of amides is 2. The molecule has 112 valence electrons. The third-order valence-corrected chi connectivity index (χ3v) is 4.61. The van der Waals surface area contributed by atoms with Crippen LogP contribution in [0.15, 0.2) is 23.1 Å². The van der Waals surface area contributed by atoms with Gasteiger partial charge in [0.2, 0.25) is 10.0 Å². The van der Waals surface area contributed by atoms with E-state index in [0.29, 0.717) is 0 Å². The third kappa shape index (κ3) is 2.52. The summed E-state index contributed by atoms with van der Waals surface area (Å²) >= 11 is 0. The van der Waals surface area contributed by atoms with Crippen LogP contribution in [0.2, 0.25) is 0 Å². The Kier molecular flexibility index (Phi) is 3.56. The molecule has 1 aromatic carbocycles. The van der Waals surface area contributed by atoms with E-state index in [-0.39, 0.29) is 16.0 Å². The topological polar surface area (TPSA) is 121 Å². The van der Waals surface area contributed by atoms with Gasteiger partial charge in [0.1, 0.15) is 6.04 Å². The average Bonchev–Trinajstić information content (AvgIpc) is 2.63. The van der Waals surface area contributed by atoms with Crippen LogP contribution in [0, 0.1) is 0 Å². The normalized spacial score (nSPS) is 16.0. The van der Waals surface area contributed by atoms with E-state index in [1.54, 1.807) is 0 Å². The lowest BCUT2D eigenvalue weighted by Crippen LogP contribution is -2.38. The first-order chi connectivity index (χ1) is 9.65. The molecular weight excluding hydrogens is 300 g/mol. The zero-order valence-electron chi connectivity index (χ0n) is 11.2. The molecule has 0 aromatic heterocycles. The highest BCUT2D eigenvalue weighted by Crippen LogP contribution is 2.24. The van der Waals surface area contributed by atoms with Gasteiger partial charge in [-0.3, -0.25) is 19.3 Å². The van der Waals surface area contributed by atoms with E-state index in [0.717, 1.165) is 17.0 Å². The fourth-order valence-electron chi connectivity index (χ4n) is 1.86. The van der Waals surface area contributed by atoms with Crippen LogP contribution in [0.1, 0.15) is 27.6 Å². The monoisotopic (exact) mass is 312 g/mol. The number of hydrogen-bond donors (Lipinski definition) is 2. The molecule has 2 amide bonds. The van der Waals surface area contributed by atoms with Crippen molar-refractivity contribution in [1.82, 2.24) is 9.62 Å². The molecule has 0 bridgehead atoms. The van der Waals surface area contributed by atoms with E-state index < -0.39 is 33.8 Å². The standard InChI is InChI=1S/C12H12N2O6S/c1-6(12(17)18)13-21(19,20)7-3-4-8-9(5-7)11(16)14(2)10(8)15/h3-6,13H,1-2H3,(H,17,18)/t6-/m1/s1. The summed E-state index contributed by atoms with van der Waals surface area (Å²) in [6.45, 7) is 1.18. The fraction of sp³-hybridized carbons (Fsp3) is 0.250. The molecule has 0 unspecified atom stereocenters. The van der Waals surface area contributed by atoms with Gasteiger partial charge in [-0.15, -0.1) is 0 Å². The molecule has 8 nitrogen and oxygen atoms in total. The Morgan fingerprint density at radius 2 is 1.81 bits per heavy atom. The van der Waals surface area contributed by atoms with Crippen LogP contribution in [0.4, 0.5) is 0 Å². The number of carboxylic acids is 1. The number of nitrogens with one attached hydrogen (secondary N) is 1. The molecule has 1 heterocycles. The summed E-state index contributed by atoms with van der Waals surface area (Å²) < 4.78 is 26.0. The number of carboxylic acid groups (broad SMARTS) is 1. The Labute approximate surface area is 120 Å². The van der Waals surface area contributed by atoms with Crippen LogP contribution in [-0.4, -0.2) is 49.3 Å². The maximum absolute atomic E-state index is 12.0. The van der Waals surface area contributed by atoms with Crippen LogP contribution in [0.25, 0.3) is 0 Å². The van der Waals surface area contributed by atoms with E-state index in [1.165, 1.54) is 20.0 Å². The van der Waals surface area contributed by atoms with Gasteiger partial charge in [-0.2, -0.15) is 4.72 Å². The second-order valence-electron chi connectivity index (χ2n) is 4.56. The summed E-state index contributed by atoms with van der Waals surface area (Å²) in [5, 5.41) is 8.73. The van der Waals surface area contributed by atoms with Gasteiger partial charge in [-0.1, -0.05) is 0 Å². The van der Waals surface area contributed by atoms with Gasteiger partial charge >= 0.3 is 5.97 Å². The van der Waals surface area contributed by atoms with Crippen molar-refractivity contribution in [3.05, 3.63) is 29.3 Å². The Morgan fingerprint density at radius 1 is 1.24 bits per heavy atom. The number of carbonyl (C=O) groups excluding carboxylic acids is 2. The first-order valence-corrected chi connectivity index (χ1v) is 7.35. The van der Waals surface area contributed by atoms with Crippen molar-refractivity contribution >= 4 is 27.8 Å². The van der Waals surface area contributed by atoms with E-state index in [2.05, 4.69) is 0 Å². The minimum absolute atomic E-state index is 0.0200. The molecule has 0 saturated heterocycles. The predicted molar refractivity (Wildman–Crippen MR) is 70.3 cm³/mol. The largest absolute Gasteiger partial charge is 0.480 e. The molecule has 0 radical (unpaired) electrons. The number of fused-ring (bicyclic) bond motifs is 1. The molecule has 21 heavy (non-hydrogen) atoms. The Hall–Kier alpha value is -2.26. The van der Waals surface area contributed by atoms with Crippen molar-refractivity contribution in [2.75, 3.05) is 7.05 Å². The molecular formula is C12H12N2O6S. The molecule has 0 fully saturated rings. The van der Waals surface area contributed by atoms with Crippen molar-refractivity contribution in [3.8, 4) is 0 Å². The lowest BCUT2D eigenvalue weighted by molar-refractivity contribution is -0.138. The van der Waals surface area contributed by atoms with Crippen LogP contribution in [0.5, 0.6) is 0 Å². The lowest BCUT2D eigenvalue weighted by atomic mass is 10.1. The first-order valence-electron chi connectivity index (χ1n) is 5.86. The van der Waals surface area contributed by atoms with Gasteiger partial charge in [-0.25, -0.2) is 8.42 Å². The highest BCUT2D eigenvalue weighted by Gasteiger charge is 2.34. The maximum Gasteiger partial charge on any atom is 0.321 e. The minimum Gasteiger partial charge on any atom is -0.480 e. The third-order valence-electron chi connectivity index (χ3n) is 3.07. The van der Waals surface area contributed by atoms with Gasteiger partial charge in [0, 0.05) is 7.05 Å². The van der Waals surface area contributed by atoms with Gasteiger partial charge in [0.25, 0.3) is 11.8 Å². The summed E-state index contributed by atoms with van der Waals surface area (Å²) in [6, 6.07) is 2.14. The summed E-state index contributed by atoms with van der Waals surface area (Å²) in [5.41, 5.74) is 0.0982. The minimum atomic E-state index is -4.10. The van der Waals surface area contributed by atoms with Crippen molar-refractivity contribution in [3.63, 3.8) is 0 Å². The second-order valence-corrected chi connectivity index (χ2v) is 6.27. The van der Waals surface area contributed by atoms with Crippen molar-refractivity contribution in [2.45, 2.75) is 17.9 Å². The quantitative estimate of drug-likeness (QED) is 0.734. The van der Waals surface area contributed by atoms with Crippen molar-refractivity contribution in [2.24, 2.45) is 0 Å². The summed E-state index contributed by atoms with van der Waals surface area (Å²) in [7, 11) is -2.80. The molecule has 0 saturated carbocycles. The smallest absolute Gasteiger partial charge is 0.321 e. The average molecular weight is 312 g/mol. The van der Waals surface area contributed by atoms with Crippen LogP contribution in [-0.2, 0) is 14.8 Å². The first kappa shape index (κ1) is 15.1. The number of aliphatic carboxylic acids is 1. The number of nitrogens with zero attached hydrogens (tertiary/aromatic N) is 1. The van der Waals surface area contributed by atoms with Crippen molar-refractivity contribution < 1.29 is 27.9 Å². The molecule has 0 aliphatic carbocycles. The molecule has 2 N–H and O–H groups in total. The summed E-state index contributed by atoms with van der Waals surface area (Å²) in [5.74, 6) is -2.44. The number of sulfonamides is 1. The van der Waals surface area contributed by atoms with Crippen molar-refractivity contribution in [1.29, 1.82) is 0 Å². The van der Waals surface area contributed by atoms with E-state index in [1.807, 2.05) is 4.72 Å². The van der Waals surface area contributed by atoms with Crippen LogP contribution in [0.3, 0.4) is 0 Å². The summed E-state index contributed by atoms with van der Waals surface area (Å²) in [4.78, 5) is 34.8. The van der Waals surface area contributed by atoms with Crippen LogP contribution >= 0.6 is 0 Å². The SMILES string of the molecule is C[C@@H](NS(=O)(=O)c1ccc2c(c1)C(=O)N(C)C2=O)C(=O)O. The summed E-state index contributed by atoms with van der Waals surface area (Å²) in [6.07, 6.45) is 0. The Balaban J connectivity index is 2.42. The van der Waals surface area contributed by atoms with Gasteiger partial charge in [-0.05, 0) is 25.1 Å². The maximum atomic E-state index is 12.0. The second kappa shape index (κ2) is 4.93. The molecule has 1 aliphatic rings. The van der Waals surface area contributed by atoms with Gasteiger partial charge in [0.15, 0.2) is 0 Å². The number of carbonyl (C=O) groups is 3. The predicted octanol–water partition coefficient (Wildman–Crippen LogP) is -0.336. The zero-order valence-corrected chi connectivity index (χ0v) is 12.0. The molecule has 2 rings (SSSR count). The number of rotatable bonds is 4. The molecule has 1 atom stereocenters. The highest BCUT2D eigenvalue weighted by molar-refractivity contribution is 7.89. The fourth-order valence-corrected chi connectivity index (χ4v) is 3.08. The van der Waals surface area contributed by atoms with E-state index >= 15 is 0 Å². The molecule has 1 aliphatic heterocycles. The van der Waals surface area contributed by atoms with E-state index in [9.17, 15) is 22.8 Å². The zero-order chi connectivity index (χ0) is 15.9. The van der Waals surface area contributed by atoms with Gasteiger partial charge in [0.05, 0.1) is 16.0 Å². The van der Waals surface area contributed by atoms with E-state index in [4.69, 9.17) is 5.11 Å². The number of benzene rings is 1. The molecule has 1 aromatic rings. The van der Waals surface area contributed by atoms with Gasteiger partial charge < -0.3 is 5.11 Å². The Bertz CT molecular complexity index is 755. The molecule has 0 spiro atoms. The number of imide groups is 1. The highest BCUT2D eigenvalue weighted by atomic mass is 32.2. The lowest BCUT2D eigenvalue weighted by Gasteiger charge is -2.10. The molecule has 9 heteroatoms. The Morgan fingerprint density at radius 3 is 2.38 bits per heavy atom.